The highest BCUT2D eigenvalue weighted by Gasteiger charge is 2.44. The second-order valence-electron chi connectivity index (χ2n) is 8.13. The SMILES string of the molecule is COc1cc2nc(C)nc(NCc3cc(N)cc(C(F)(F)F)c3)c2cc1OCC1(OC)CC1. The normalized spacial score (nSPS) is 14.8. The van der Waals surface area contributed by atoms with Crippen molar-refractivity contribution in [1.82, 2.24) is 9.97 Å². The monoisotopic (exact) mass is 462 g/mol. The zero-order valence-corrected chi connectivity index (χ0v) is 18.5. The molecule has 1 fully saturated rings. The van der Waals surface area contributed by atoms with Crippen LogP contribution in [0.5, 0.6) is 11.5 Å². The Morgan fingerprint density at radius 1 is 1.06 bits per heavy atom. The minimum Gasteiger partial charge on any atom is -0.493 e. The third kappa shape index (κ3) is 5.05. The van der Waals surface area contributed by atoms with Crippen LogP contribution in [-0.4, -0.2) is 36.4 Å². The molecule has 1 aliphatic carbocycles. The minimum atomic E-state index is -4.48. The summed E-state index contributed by atoms with van der Waals surface area (Å²) < 4.78 is 56.4. The molecule has 3 N–H and O–H groups in total. The number of hydrogen-bond acceptors (Lipinski definition) is 7. The number of ether oxygens (including phenoxy) is 3. The molecular formula is C23H25F3N4O3. The van der Waals surface area contributed by atoms with Crippen molar-refractivity contribution < 1.29 is 27.4 Å². The van der Waals surface area contributed by atoms with Gasteiger partial charge in [0.1, 0.15) is 23.9 Å². The predicted octanol–water partition coefficient (Wildman–Crippen LogP) is 4.72. The molecule has 1 heterocycles. The molecule has 0 unspecified atom stereocenters. The number of nitrogens with one attached hydrogen (secondary N) is 1. The molecule has 0 spiro atoms. The van der Waals surface area contributed by atoms with E-state index in [9.17, 15) is 13.2 Å². The van der Waals surface area contributed by atoms with Gasteiger partial charge in [0.15, 0.2) is 11.5 Å². The van der Waals surface area contributed by atoms with Gasteiger partial charge >= 0.3 is 6.18 Å². The Morgan fingerprint density at radius 3 is 2.45 bits per heavy atom. The Labute approximate surface area is 189 Å². The molecule has 2 aromatic carbocycles. The van der Waals surface area contributed by atoms with E-state index in [1.165, 1.54) is 6.07 Å². The second kappa shape index (κ2) is 8.58. The number of halogens is 3. The van der Waals surface area contributed by atoms with E-state index < -0.39 is 11.7 Å². The maximum Gasteiger partial charge on any atom is 0.416 e. The average Bonchev–Trinajstić information content (AvgIpc) is 3.55. The summed E-state index contributed by atoms with van der Waals surface area (Å²) in [5.74, 6) is 1.99. The van der Waals surface area contributed by atoms with Gasteiger partial charge in [-0.15, -0.1) is 0 Å². The number of hydrogen-bond donors (Lipinski definition) is 2. The van der Waals surface area contributed by atoms with E-state index in [4.69, 9.17) is 19.9 Å². The number of methoxy groups -OCH3 is 2. The Kier molecular flexibility index (Phi) is 5.96. The molecule has 0 radical (unpaired) electrons. The van der Waals surface area contributed by atoms with Crippen molar-refractivity contribution in [2.24, 2.45) is 0 Å². The van der Waals surface area contributed by atoms with Gasteiger partial charge in [-0.3, -0.25) is 0 Å². The molecule has 1 aromatic heterocycles. The predicted molar refractivity (Wildman–Crippen MR) is 118 cm³/mol. The third-order valence-corrected chi connectivity index (χ3v) is 5.63. The fraction of sp³-hybridized carbons (Fsp3) is 0.391. The number of nitrogens with zero attached hydrogens (tertiary/aromatic N) is 2. The molecule has 0 aliphatic heterocycles. The summed E-state index contributed by atoms with van der Waals surface area (Å²) in [6, 6.07) is 6.99. The Hall–Kier alpha value is -3.27. The van der Waals surface area contributed by atoms with Gasteiger partial charge in [-0.25, -0.2) is 9.97 Å². The first-order chi connectivity index (χ1) is 15.6. The van der Waals surface area contributed by atoms with E-state index in [1.807, 2.05) is 0 Å². The Morgan fingerprint density at radius 2 is 1.82 bits per heavy atom. The Bertz CT molecular complexity index is 1180. The number of aromatic nitrogens is 2. The fourth-order valence-electron chi connectivity index (χ4n) is 3.59. The smallest absolute Gasteiger partial charge is 0.416 e. The van der Waals surface area contributed by atoms with Gasteiger partial charge in [0, 0.05) is 30.8 Å². The van der Waals surface area contributed by atoms with E-state index in [1.54, 1.807) is 33.3 Å². The molecule has 4 rings (SSSR count). The van der Waals surface area contributed by atoms with Gasteiger partial charge in [0.25, 0.3) is 0 Å². The highest BCUT2D eigenvalue weighted by Crippen LogP contribution is 2.41. The van der Waals surface area contributed by atoms with Crippen LogP contribution >= 0.6 is 0 Å². The summed E-state index contributed by atoms with van der Waals surface area (Å²) in [7, 11) is 3.20. The molecule has 1 saturated carbocycles. The Balaban J connectivity index is 1.64. The fourth-order valence-corrected chi connectivity index (χ4v) is 3.59. The molecule has 1 aliphatic rings. The molecule has 33 heavy (non-hydrogen) atoms. The quantitative estimate of drug-likeness (QED) is 0.468. The molecule has 3 aromatic rings. The van der Waals surface area contributed by atoms with Crippen LogP contribution in [0.1, 0.15) is 29.8 Å². The van der Waals surface area contributed by atoms with E-state index in [0.717, 1.165) is 25.0 Å². The summed E-state index contributed by atoms with van der Waals surface area (Å²) in [6.45, 7) is 2.21. The lowest BCUT2D eigenvalue weighted by Crippen LogP contribution is -2.21. The number of rotatable bonds is 8. The first kappa shape index (κ1) is 22.9. The lowest BCUT2D eigenvalue weighted by Gasteiger charge is -2.18. The van der Waals surface area contributed by atoms with Crippen LogP contribution in [-0.2, 0) is 17.5 Å². The van der Waals surface area contributed by atoms with Gasteiger partial charge in [0.05, 0.1) is 18.2 Å². The molecule has 10 heteroatoms. The van der Waals surface area contributed by atoms with E-state index in [2.05, 4.69) is 15.3 Å². The molecular weight excluding hydrogens is 437 g/mol. The van der Waals surface area contributed by atoms with Gasteiger partial charge < -0.3 is 25.3 Å². The topological polar surface area (TPSA) is 91.5 Å². The van der Waals surface area contributed by atoms with E-state index in [0.29, 0.717) is 46.2 Å². The van der Waals surface area contributed by atoms with Gasteiger partial charge in [-0.05, 0) is 49.6 Å². The zero-order valence-electron chi connectivity index (χ0n) is 18.5. The molecule has 0 bridgehead atoms. The van der Waals surface area contributed by atoms with Crippen LogP contribution in [0.25, 0.3) is 10.9 Å². The van der Waals surface area contributed by atoms with Gasteiger partial charge in [0.2, 0.25) is 0 Å². The number of aryl methyl sites for hydroxylation is 1. The summed E-state index contributed by atoms with van der Waals surface area (Å²) in [4.78, 5) is 8.91. The maximum atomic E-state index is 13.1. The number of nitrogen functional groups attached to an aromatic ring is 1. The molecule has 176 valence electrons. The summed E-state index contributed by atoms with van der Waals surface area (Å²) in [5.41, 5.74) is 5.66. The number of benzene rings is 2. The zero-order chi connectivity index (χ0) is 23.8. The van der Waals surface area contributed by atoms with Crippen molar-refractivity contribution in [1.29, 1.82) is 0 Å². The van der Waals surface area contributed by atoms with Crippen molar-refractivity contribution in [3.63, 3.8) is 0 Å². The van der Waals surface area contributed by atoms with Crippen molar-refractivity contribution in [2.75, 3.05) is 31.9 Å². The van der Waals surface area contributed by atoms with Gasteiger partial charge in [-0.1, -0.05) is 0 Å². The molecule has 0 atom stereocenters. The third-order valence-electron chi connectivity index (χ3n) is 5.63. The van der Waals surface area contributed by atoms with Crippen molar-refractivity contribution in [3.05, 3.63) is 47.3 Å². The average molecular weight is 462 g/mol. The van der Waals surface area contributed by atoms with Crippen LogP contribution in [0.3, 0.4) is 0 Å². The van der Waals surface area contributed by atoms with Crippen LogP contribution in [0, 0.1) is 6.92 Å². The largest absolute Gasteiger partial charge is 0.493 e. The van der Waals surface area contributed by atoms with E-state index >= 15 is 0 Å². The number of fused-ring (bicyclic) bond motifs is 1. The van der Waals surface area contributed by atoms with Crippen molar-refractivity contribution in [2.45, 2.75) is 38.1 Å². The molecule has 7 nitrogen and oxygen atoms in total. The second-order valence-corrected chi connectivity index (χ2v) is 8.13. The first-order valence-electron chi connectivity index (χ1n) is 10.4. The lowest BCUT2D eigenvalue weighted by atomic mass is 10.1. The van der Waals surface area contributed by atoms with Crippen molar-refractivity contribution in [3.8, 4) is 11.5 Å². The number of anilines is 2. The van der Waals surface area contributed by atoms with Crippen LogP contribution < -0.4 is 20.5 Å². The highest BCUT2D eigenvalue weighted by molar-refractivity contribution is 5.91. The standard InChI is InChI=1S/C23H25F3N4O3/c1-13-29-18-10-19(31-2)20(33-12-22(32-3)4-5-22)9-17(18)21(30-13)28-11-14-6-15(23(24,25)26)8-16(27)7-14/h6-10H,4-5,11-12,27H2,1-3H3,(H,28,29,30). The van der Waals surface area contributed by atoms with Crippen LogP contribution in [0.4, 0.5) is 24.7 Å². The van der Waals surface area contributed by atoms with Crippen molar-refractivity contribution >= 4 is 22.4 Å². The maximum absolute atomic E-state index is 13.1. The number of alkyl halides is 3. The van der Waals surface area contributed by atoms with Gasteiger partial charge in [-0.2, -0.15) is 13.2 Å². The van der Waals surface area contributed by atoms with E-state index in [-0.39, 0.29) is 17.8 Å². The molecule has 0 saturated heterocycles. The first-order valence-corrected chi connectivity index (χ1v) is 10.4. The van der Waals surface area contributed by atoms with Crippen LogP contribution in [0.2, 0.25) is 0 Å². The highest BCUT2D eigenvalue weighted by atomic mass is 19.4. The molecule has 0 amide bonds. The van der Waals surface area contributed by atoms with Crippen LogP contribution in [0.15, 0.2) is 30.3 Å². The summed E-state index contributed by atoms with van der Waals surface area (Å²) in [6.07, 6.45) is -2.63. The summed E-state index contributed by atoms with van der Waals surface area (Å²) >= 11 is 0. The minimum absolute atomic E-state index is 0.0397. The summed E-state index contributed by atoms with van der Waals surface area (Å²) in [5, 5.41) is 3.77. The number of nitrogens with two attached hydrogens (primary N) is 1. The lowest BCUT2D eigenvalue weighted by molar-refractivity contribution is -0.137.